The minimum atomic E-state index is -3.96. The lowest BCUT2D eigenvalue weighted by Crippen LogP contribution is -2.13. The number of phenolic OH excluding ortho intramolecular Hbond substituents is 1. The second-order valence-electron chi connectivity index (χ2n) is 5.40. The first-order valence-corrected chi connectivity index (χ1v) is 9.28. The van der Waals surface area contributed by atoms with Crippen LogP contribution in [0.25, 0.3) is 11.4 Å². The van der Waals surface area contributed by atoms with E-state index in [2.05, 4.69) is 4.98 Å². The second kappa shape index (κ2) is 7.08. The highest BCUT2D eigenvalue weighted by Gasteiger charge is 2.25. The van der Waals surface area contributed by atoms with Crippen LogP contribution >= 0.6 is 0 Å². The number of aromatic hydroxyl groups is 1. The predicted octanol–water partition coefficient (Wildman–Crippen LogP) is 2.80. The average Bonchev–Trinajstić information content (AvgIpc) is 3.15. The van der Waals surface area contributed by atoms with E-state index in [1.165, 1.54) is 30.6 Å². The summed E-state index contributed by atoms with van der Waals surface area (Å²) >= 11 is 0. The van der Waals surface area contributed by atoms with Gasteiger partial charge < -0.3 is 9.84 Å². The van der Waals surface area contributed by atoms with E-state index in [0.717, 1.165) is 10.0 Å². The van der Waals surface area contributed by atoms with E-state index in [4.69, 9.17) is 4.74 Å². The van der Waals surface area contributed by atoms with Crippen LogP contribution in [-0.4, -0.2) is 34.0 Å². The largest absolute Gasteiger partial charge is 0.500 e. The van der Waals surface area contributed by atoms with Crippen molar-refractivity contribution in [1.29, 1.82) is 0 Å². The lowest BCUT2D eigenvalue weighted by Gasteiger charge is -2.11. The number of nitro groups is 1. The van der Waals surface area contributed by atoms with Gasteiger partial charge in [0.2, 0.25) is 5.75 Å². The van der Waals surface area contributed by atoms with Gasteiger partial charge in [-0.3, -0.25) is 10.1 Å². The highest BCUT2D eigenvalue weighted by Crippen LogP contribution is 2.40. The molecule has 0 aliphatic carbocycles. The quantitative estimate of drug-likeness (QED) is 0.507. The molecule has 9 nitrogen and oxygen atoms in total. The number of aromatic nitrogens is 2. The van der Waals surface area contributed by atoms with Gasteiger partial charge in [-0.25, -0.2) is 17.4 Å². The molecular formula is C17H15N3O6S. The van der Waals surface area contributed by atoms with Crippen LogP contribution in [0, 0.1) is 10.1 Å². The zero-order chi connectivity index (χ0) is 19.6. The van der Waals surface area contributed by atoms with E-state index in [9.17, 15) is 23.6 Å². The number of rotatable bonds is 6. The fraction of sp³-hybridized carbons (Fsp3) is 0.118. The van der Waals surface area contributed by atoms with Crippen molar-refractivity contribution in [2.75, 3.05) is 6.61 Å². The van der Waals surface area contributed by atoms with Gasteiger partial charge in [0, 0.05) is 24.0 Å². The normalized spacial score (nSPS) is 11.3. The van der Waals surface area contributed by atoms with Gasteiger partial charge in [0.25, 0.3) is 10.0 Å². The van der Waals surface area contributed by atoms with E-state index in [-0.39, 0.29) is 28.6 Å². The molecule has 27 heavy (non-hydrogen) atoms. The summed E-state index contributed by atoms with van der Waals surface area (Å²) in [6, 6.07) is 10.1. The molecule has 0 spiro atoms. The van der Waals surface area contributed by atoms with Crippen LogP contribution in [0.2, 0.25) is 0 Å². The van der Waals surface area contributed by atoms with Crippen molar-refractivity contribution in [1.82, 2.24) is 8.96 Å². The van der Waals surface area contributed by atoms with E-state index < -0.39 is 26.4 Å². The number of nitro benzene ring substituents is 1. The van der Waals surface area contributed by atoms with Crippen molar-refractivity contribution in [3.05, 3.63) is 65.0 Å². The molecule has 0 saturated carbocycles. The molecule has 0 aliphatic heterocycles. The van der Waals surface area contributed by atoms with Gasteiger partial charge in [-0.15, -0.1) is 0 Å². The molecular weight excluding hydrogens is 374 g/mol. The summed E-state index contributed by atoms with van der Waals surface area (Å²) < 4.78 is 31.9. The van der Waals surface area contributed by atoms with Gasteiger partial charge in [-0.2, -0.15) is 0 Å². The van der Waals surface area contributed by atoms with Crippen LogP contribution in [0.3, 0.4) is 0 Å². The van der Waals surface area contributed by atoms with Crippen LogP contribution in [-0.2, 0) is 10.0 Å². The topological polar surface area (TPSA) is 125 Å². The first-order chi connectivity index (χ1) is 12.9. The first-order valence-electron chi connectivity index (χ1n) is 7.84. The fourth-order valence-electron chi connectivity index (χ4n) is 2.52. The third-order valence-electron chi connectivity index (χ3n) is 3.72. The van der Waals surface area contributed by atoms with Crippen LogP contribution < -0.4 is 4.74 Å². The summed E-state index contributed by atoms with van der Waals surface area (Å²) in [7, 11) is -3.96. The maximum atomic E-state index is 12.9. The van der Waals surface area contributed by atoms with Crippen LogP contribution in [0.5, 0.6) is 11.5 Å². The molecule has 0 radical (unpaired) electrons. The fourth-order valence-corrected chi connectivity index (χ4v) is 3.84. The summed E-state index contributed by atoms with van der Waals surface area (Å²) in [5.74, 6) is -0.800. The highest BCUT2D eigenvalue weighted by atomic mass is 32.2. The van der Waals surface area contributed by atoms with Gasteiger partial charge in [0.05, 0.1) is 16.4 Å². The Labute approximate surface area is 154 Å². The number of benzene rings is 2. The van der Waals surface area contributed by atoms with Crippen molar-refractivity contribution in [3.63, 3.8) is 0 Å². The molecule has 3 aromatic rings. The Morgan fingerprint density at radius 2 is 1.96 bits per heavy atom. The van der Waals surface area contributed by atoms with E-state index in [1.807, 2.05) is 0 Å². The zero-order valence-electron chi connectivity index (χ0n) is 14.1. The molecule has 0 unspecified atom stereocenters. The number of nitrogens with zero attached hydrogens (tertiary/aromatic N) is 3. The molecule has 140 valence electrons. The molecule has 10 heteroatoms. The molecule has 0 aliphatic rings. The van der Waals surface area contributed by atoms with Gasteiger partial charge in [0.1, 0.15) is 0 Å². The molecule has 0 amide bonds. The first kappa shape index (κ1) is 18.4. The SMILES string of the molecule is CCOc1cc(-c2nccn2S(=O)(=O)c2ccccc2)cc([N+](=O)[O-])c1O. The minimum Gasteiger partial charge on any atom is -0.500 e. The molecule has 0 bridgehead atoms. The molecule has 3 rings (SSSR count). The van der Waals surface area contributed by atoms with Crippen LogP contribution in [0.4, 0.5) is 5.69 Å². The van der Waals surface area contributed by atoms with Gasteiger partial charge in [-0.1, -0.05) is 18.2 Å². The van der Waals surface area contributed by atoms with Crippen LogP contribution in [0.15, 0.2) is 59.8 Å². The second-order valence-corrected chi connectivity index (χ2v) is 7.21. The predicted molar refractivity (Wildman–Crippen MR) is 96.2 cm³/mol. The third kappa shape index (κ3) is 3.34. The Hall–Kier alpha value is -3.40. The summed E-state index contributed by atoms with van der Waals surface area (Å²) in [5, 5.41) is 21.3. The zero-order valence-corrected chi connectivity index (χ0v) is 15.0. The molecule has 0 saturated heterocycles. The van der Waals surface area contributed by atoms with Crippen molar-refractivity contribution in [2.45, 2.75) is 11.8 Å². The number of phenols is 1. The minimum absolute atomic E-state index is 0.0390. The summed E-state index contributed by atoms with van der Waals surface area (Å²) in [4.78, 5) is 14.5. The van der Waals surface area contributed by atoms with Crippen molar-refractivity contribution in [3.8, 4) is 22.9 Å². The molecule has 0 fully saturated rings. The Bertz CT molecular complexity index is 1090. The smallest absolute Gasteiger partial charge is 0.315 e. The monoisotopic (exact) mass is 389 g/mol. The van der Waals surface area contributed by atoms with Crippen molar-refractivity contribution < 1.29 is 23.2 Å². The van der Waals surface area contributed by atoms with E-state index in [0.29, 0.717) is 0 Å². The lowest BCUT2D eigenvalue weighted by atomic mass is 10.1. The summed E-state index contributed by atoms with van der Waals surface area (Å²) in [5.41, 5.74) is -0.491. The van der Waals surface area contributed by atoms with Crippen molar-refractivity contribution >= 4 is 15.7 Å². The Balaban J connectivity index is 2.20. The van der Waals surface area contributed by atoms with Gasteiger partial charge in [0.15, 0.2) is 11.6 Å². The Morgan fingerprint density at radius 3 is 2.59 bits per heavy atom. The molecule has 1 heterocycles. The van der Waals surface area contributed by atoms with Gasteiger partial charge in [-0.05, 0) is 25.1 Å². The molecule has 1 aromatic heterocycles. The lowest BCUT2D eigenvalue weighted by molar-refractivity contribution is -0.385. The number of ether oxygens (including phenoxy) is 1. The number of imidazole rings is 1. The standard InChI is InChI=1S/C17H15N3O6S/c1-2-26-15-11-12(10-14(16(15)21)20(22)23)17-18-8-9-19(17)27(24,25)13-6-4-3-5-7-13/h3-11,21H,2H2,1H3. The van der Waals surface area contributed by atoms with Gasteiger partial charge >= 0.3 is 5.69 Å². The molecule has 0 atom stereocenters. The summed E-state index contributed by atoms with van der Waals surface area (Å²) in [6.45, 7) is 1.81. The average molecular weight is 389 g/mol. The van der Waals surface area contributed by atoms with Crippen LogP contribution in [0.1, 0.15) is 6.92 Å². The van der Waals surface area contributed by atoms with Crippen molar-refractivity contribution in [2.24, 2.45) is 0 Å². The number of hydrogen-bond donors (Lipinski definition) is 1. The Morgan fingerprint density at radius 1 is 1.26 bits per heavy atom. The maximum absolute atomic E-state index is 12.9. The maximum Gasteiger partial charge on any atom is 0.315 e. The summed E-state index contributed by atoms with van der Waals surface area (Å²) in [6.07, 6.45) is 2.52. The molecule has 1 N–H and O–H groups in total. The highest BCUT2D eigenvalue weighted by molar-refractivity contribution is 7.90. The Kier molecular flexibility index (Phi) is 4.82. The number of hydrogen-bond acceptors (Lipinski definition) is 7. The van der Waals surface area contributed by atoms with E-state index in [1.54, 1.807) is 25.1 Å². The molecule has 2 aromatic carbocycles. The third-order valence-corrected chi connectivity index (χ3v) is 5.40. The van der Waals surface area contributed by atoms with E-state index >= 15 is 0 Å².